The summed E-state index contributed by atoms with van der Waals surface area (Å²) < 4.78 is 0. The van der Waals surface area contributed by atoms with Crippen LogP contribution in [0.4, 0.5) is 5.69 Å². The number of benzene rings is 1. The fraction of sp³-hybridized carbons (Fsp3) is 0.600. The highest BCUT2D eigenvalue weighted by atomic mass is 35.5. The van der Waals surface area contributed by atoms with Crippen LogP contribution in [0.5, 0.6) is 0 Å². The van der Waals surface area contributed by atoms with E-state index in [1.165, 1.54) is 0 Å². The molecule has 0 heterocycles. The van der Waals surface area contributed by atoms with E-state index >= 15 is 0 Å². The van der Waals surface area contributed by atoms with Gasteiger partial charge in [-0.25, -0.2) is 0 Å². The average Bonchev–Trinajstić information content (AvgIpc) is 2.61. The van der Waals surface area contributed by atoms with Gasteiger partial charge in [0.25, 0.3) is 5.91 Å². The fourth-order valence-electron chi connectivity index (χ4n) is 2.77. The molecule has 0 fully saturated rings. The summed E-state index contributed by atoms with van der Waals surface area (Å²) in [7, 11) is 0. The van der Waals surface area contributed by atoms with Gasteiger partial charge < -0.3 is 21.1 Å². The van der Waals surface area contributed by atoms with E-state index < -0.39 is 18.2 Å². The van der Waals surface area contributed by atoms with Gasteiger partial charge in [-0.3, -0.25) is 9.59 Å². The summed E-state index contributed by atoms with van der Waals surface area (Å²) in [6.07, 6.45) is -0.131. The highest BCUT2D eigenvalue weighted by Crippen LogP contribution is 2.11. The van der Waals surface area contributed by atoms with Crippen molar-refractivity contribution in [3.8, 4) is 0 Å². The Hall–Kier alpha value is -1.63. The number of halogens is 1. The maximum absolute atomic E-state index is 12.8. The Kier molecular flexibility index (Phi) is 10.4. The molecule has 152 valence electrons. The standard InChI is InChI=1S/C20H32ClN3O3/c1-13(2)10-17(19(26)23-15-8-6-5-7-9-15)24-20(27)18(14(3)4)22-12-16(25)11-21/h5-9,13-14,16-18,22,25H,10-12H2,1-4H3,(H,23,26)(H,24,27)/p+1/t16-,17+,18+/m1/s1. The first kappa shape index (κ1) is 23.4. The Morgan fingerprint density at radius 2 is 1.74 bits per heavy atom. The van der Waals surface area contributed by atoms with Gasteiger partial charge in [-0.15, -0.1) is 11.6 Å². The van der Waals surface area contributed by atoms with E-state index in [9.17, 15) is 14.7 Å². The fourth-order valence-corrected chi connectivity index (χ4v) is 2.90. The van der Waals surface area contributed by atoms with Crippen LogP contribution in [-0.2, 0) is 9.59 Å². The molecule has 1 rings (SSSR count). The number of carbonyl (C=O) groups is 2. The molecule has 0 saturated carbocycles. The third-order valence-corrected chi connectivity index (χ3v) is 4.60. The Bertz CT molecular complexity index is 581. The first-order valence-corrected chi connectivity index (χ1v) is 10.0. The SMILES string of the molecule is CC(C)C[C@H](NC(=O)[C@@H]([NH2+]C[C@H](O)CCl)C(C)C)C(=O)Nc1ccccc1. The van der Waals surface area contributed by atoms with Crippen LogP contribution in [0, 0.1) is 11.8 Å². The largest absolute Gasteiger partial charge is 0.386 e. The number of nitrogens with one attached hydrogen (secondary N) is 2. The highest BCUT2D eigenvalue weighted by Gasteiger charge is 2.30. The number of para-hydroxylation sites is 1. The van der Waals surface area contributed by atoms with Crippen LogP contribution in [0.15, 0.2) is 30.3 Å². The van der Waals surface area contributed by atoms with Crippen LogP contribution < -0.4 is 16.0 Å². The molecular weight excluding hydrogens is 366 g/mol. The van der Waals surface area contributed by atoms with Crippen molar-refractivity contribution in [2.24, 2.45) is 11.8 Å². The van der Waals surface area contributed by atoms with Crippen LogP contribution >= 0.6 is 11.6 Å². The second-order valence-corrected chi connectivity index (χ2v) is 7.90. The number of aliphatic hydroxyl groups is 1. The summed E-state index contributed by atoms with van der Waals surface area (Å²) in [6.45, 7) is 8.24. The van der Waals surface area contributed by atoms with Gasteiger partial charge in [0.1, 0.15) is 18.7 Å². The predicted octanol–water partition coefficient (Wildman–Crippen LogP) is 1.34. The maximum atomic E-state index is 12.8. The van der Waals surface area contributed by atoms with Crippen molar-refractivity contribution in [1.82, 2.24) is 5.32 Å². The molecule has 27 heavy (non-hydrogen) atoms. The summed E-state index contributed by atoms with van der Waals surface area (Å²) in [5, 5.41) is 17.2. The average molecular weight is 399 g/mol. The summed E-state index contributed by atoms with van der Waals surface area (Å²) in [4.78, 5) is 25.5. The van der Waals surface area contributed by atoms with Crippen molar-refractivity contribution in [3.05, 3.63) is 30.3 Å². The lowest BCUT2D eigenvalue weighted by Crippen LogP contribution is -2.95. The summed E-state index contributed by atoms with van der Waals surface area (Å²) in [5.74, 6) is -0.0220. The number of hydrogen-bond acceptors (Lipinski definition) is 3. The second-order valence-electron chi connectivity index (χ2n) is 7.60. The van der Waals surface area contributed by atoms with E-state index in [2.05, 4.69) is 10.6 Å². The maximum Gasteiger partial charge on any atom is 0.279 e. The molecule has 7 heteroatoms. The number of hydrogen-bond donors (Lipinski definition) is 4. The monoisotopic (exact) mass is 398 g/mol. The molecule has 0 radical (unpaired) electrons. The van der Waals surface area contributed by atoms with Crippen LogP contribution in [0.3, 0.4) is 0 Å². The van der Waals surface area contributed by atoms with Gasteiger partial charge in [0.2, 0.25) is 5.91 Å². The number of carbonyl (C=O) groups excluding carboxylic acids is 2. The molecule has 0 bridgehead atoms. The van der Waals surface area contributed by atoms with Crippen LogP contribution in [0.2, 0.25) is 0 Å². The molecule has 0 aliphatic heterocycles. The molecule has 3 atom stereocenters. The summed E-state index contributed by atoms with van der Waals surface area (Å²) in [5.41, 5.74) is 0.697. The van der Waals surface area contributed by atoms with Gasteiger partial charge >= 0.3 is 0 Å². The molecule has 1 aromatic rings. The Morgan fingerprint density at radius 1 is 1.11 bits per heavy atom. The topological polar surface area (TPSA) is 95.0 Å². The predicted molar refractivity (Wildman–Crippen MR) is 109 cm³/mol. The molecule has 6 nitrogen and oxygen atoms in total. The zero-order chi connectivity index (χ0) is 20.4. The van der Waals surface area contributed by atoms with Gasteiger partial charge in [0.15, 0.2) is 6.04 Å². The first-order chi connectivity index (χ1) is 12.7. The lowest BCUT2D eigenvalue weighted by atomic mass is 9.99. The number of quaternary nitrogens is 1. The van der Waals surface area contributed by atoms with E-state index in [1.54, 1.807) is 5.32 Å². The van der Waals surface area contributed by atoms with Gasteiger partial charge in [-0.05, 0) is 24.5 Å². The Labute approximate surface area is 167 Å². The lowest BCUT2D eigenvalue weighted by molar-refractivity contribution is -0.687. The van der Waals surface area contributed by atoms with Gasteiger partial charge in [0.05, 0.1) is 5.88 Å². The third kappa shape index (κ3) is 8.73. The van der Waals surface area contributed by atoms with Crippen molar-refractivity contribution in [2.45, 2.75) is 52.3 Å². The van der Waals surface area contributed by atoms with Crippen LogP contribution in [0.1, 0.15) is 34.1 Å². The molecule has 0 spiro atoms. The minimum Gasteiger partial charge on any atom is -0.386 e. The minimum absolute atomic E-state index is 0.0458. The number of amides is 2. The second kappa shape index (κ2) is 12.0. The van der Waals surface area contributed by atoms with Gasteiger partial charge in [0, 0.05) is 11.6 Å². The minimum atomic E-state index is -0.673. The van der Waals surface area contributed by atoms with E-state index in [-0.39, 0.29) is 29.5 Å². The van der Waals surface area contributed by atoms with E-state index in [1.807, 2.05) is 58.0 Å². The van der Waals surface area contributed by atoms with Crippen molar-refractivity contribution in [1.29, 1.82) is 0 Å². The molecule has 0 aliphatic rings. The third-order valence-electron chi connectivity index (χ3n) is 4.24. The number of anilines is 1. The van der Waals surface area contributed by atoms with Gasteiger partial charge in [-0.1, -0.05) is 45.9 Å². The van der Waals surface area contributed by atoms with Gasteiger partial charge in [-0.2, -0.15) is 0 Å². The first-order valence-electron chi connectivity index (χ1n) is 9.48. The molecule has 0 saturated heterocycles. The van der Waals surface area contributed by atoms with E-state index in [0.29, 0.717) is 18.7 Å². The molecule has 0 aliphatic carbocycles. The van der Waals surface area contributed by atoms with E-state index in [4.69, 9.17) is 11.6 Å². The molecule has 0 aromatic heterocycles. The smallest absolute Gasteiger partial charge is 0.279 e. The quantitative estimate of drug-likeness (QED) is 0.424. The zero-order valence-electron chi connectivity index (χ0n) is 16.6. The normalized spacial score (nSPS) is 14.7. The lowest BCUT2D eigenvalue weighted by Gasteiger charge is -2.24. The molecule has 5 N–H and O–H groups in total. The van der Waals surface area contributed by atoms with Crippen molar-refractivity contribution in [3.63, 3.8) is 0 Å². The Balaban J connectivity index is 2.80. The number of rotatable bonds is 11. The zero-order valence-corrected chi connectivity index (χ0v) is 17.4. The van der Waals surface area contributed by atoms with Crippen LogP contribution in [0.25, 0.3) is 0 Å². The molecule has 2 amide bonds. The van der Waals surface area contributed by atoms with E-state index in [0.717, 1.165) is 0 Å². The van der Waals surface area contributed by atoms with Crippen molar-refractivity contribution in [2.75, 3.05) is 17.7 Å². The summed E-state index contributed by atoms with van der Waals surface area (Å²) >= 11 is 5.63. The highest BCUT2D eigenvalue weighted by molar-refractivity contribution is 6.18. The summed E-state index contributed by atoms with van der Waals surface area (Å²) in [6, 6.07) is 8.16. The number of alkyl halides is 1. The Morgan fingerprint density at radius 3 is 2.26 bits per heavy atom. The van der Waals surface area contributed by atoms with Crippen LogP contribution in [-0.4, -0.2) is 47.5 Å². The number of nitrogens with two attached hydrogens (primary N) is 1. The molecule has 0 unspecified atom stereocenters. The molecular formula is C20H33ClN3O3+. The number of aliphatic hydroxyl groups excluding tert-OH is 1. The molecule has 1 aromatic carbocycles. The van der Waals surface area contributed by atoms with Crippen molar-refractivity contribution >= 4 is 29.1 Å². The van der Waals surface area contributed by atoms with Crippen molar-refractivity contribution < 1.29 is 20.0 Å².